The van der Waals surface area contributed by atoms with Crippen molar-refractivity contribution < 1.29 is 13.9 Å². The van der Waals surface area contributed by atoms with E-state index in [4.69, 9.17) is 9.68 Å². The number of furan rings is 1. The number of nitrogens with zero attached hydrogens (tertiary/aromatic N) is 1. The van der Waals surface area contributed by atoms with E-state index in [9.17, 15) is 4.79 Å². The molecule has 1 aromatic heterocycles. The Hall–Kier alpha value is -1.80. The van der Waals surface area contributed by atoms with Gasteiger partial charge in [0.1, 0.15) is 0 Å². The molecule has 16 heavy (non-hydrogen) atoms. The van der Waals surface area contributed by atoms with Crippen molar-refractivity contribution in [3.8, 4) is 6.07 Å². The van der Waals surface area contributed by atoms with Crippen LogP contribution in [0, 0.1) is 11.3 Å². The number of nitriles is 1. The monoisotopic (exact) mass is 222 g/mol. The number of nitrogens with one attached hydrogen (secondary N) is 1. The lowest BCUT2D eigenvalue weighted by Gasteiger charge is -2.09. The highest BCUT2D eigenvalue weighted by Crippen LogP contribution is 2.11. The molecule has 0 spiro atoms. The highest BCUT2D eigenvalue weighted by atomic mass is 16.5. The minimum absolute atomic E-state index is 0.0744. The van der Waals surface area contributed by atoms with E-state index in [-0.39, 0.29) is 11.8 Å². The molecule has 0 amide bonds. The van der Waals surface area contributed by atoms with Crippen LogP contribution in [0.15, 0.2) is 16.7 Å². The molecule has 0 fully saturated rings. The minimum atomic E-state index is -0.491. The maximum absolute atomic E-state index is 11.3. The topological polar surface area (TPSA) is 75.3 Å². The van der Waals surface area contributed by atoms with E-state index in [0.717, 1.165) is 5.56 Å². The smallest absolute Gasteiger partial charge is 0.374 e. The molecule has 0 saturated heterocycles. The number of hydrogen-bond acceptors (Lipinski definition) is 5. The van der Waals surface area contributed by atoms with Crippen molar-refractivity contribution in [2.45, 2.75) is 25.9 Å². The highest BCUT2D eigenvalue weighted by molar-refractivity contribution is 5.87. The summed E-state index contributed by atoms with van der Waals surface area (Å²) in [6, 6.07) is 3.85. The predicted octanol–water partition coefficient (Wildman–Crippen LogP) is 1.46. The Bertz CT molecular complexity index is 392. The zero-order chi connectivity index (χ0) is 12.0. The number of rotatable bonds is 5. The number of esters is 1. The van der Waals surface area contributed by atoms with Crippen LogP contribution in [0.2, 0.25) is 0 Å². The molecule has 1 heterocycles. The van der Waals surface area contributed by atoms with Crippen LogP contribution in [0.3, 0.4) is 0 Å². The lowest BCUT2D eigenvalue weighted by Crippen LogP contribution is -2.25. The molecule has 1 rings (SSSR count). The standard InChI is InChI=1S/C11H14N2O3/c1-8(3-5-12)13-7-9-4-6-16-10(9)11(14)15-2/h4,6,8,13H,3,7H2,1-2H3. The van der Waals surface area contributed by atoms with E-state index in [2.05, 4.69) is 16.1 Å². The highest BCUT2D eigenvalue weighted by Gasteiger charge is 2.15. The summed E-state index contributed by atoms with van der Waals surface area (Å²) in [7, 11) is 1.31. The molecule has 0 radical (unpaired) electrons. The fourth-order valence-electron chi connectivity index (χ4n) is 1.24. The Balaban J connectivity index is 2.58. The van der Waals surface area contributed by atoms with E-state index < -0.39 is 5.97 Å². The zero-order valence-electron chi connectivity index (χ0n) is 9.32. The van der Waals surface area contributed by atoms with Gasteiger partial charge in [0.25, 0.3) is 0 Å². The van der Waals surface area contributed by atoms with Gasteiger partial charge in [-0.25, -0.2) is 4.79 Å². The molecule has 5 heteroatoms. The number of hydrogen-bond donors (Lipinski definition) is 1. The Kier molecular flexibility index (Phi) is 4.55. The number of ether oxygens (including phenoxy) is 1. The second-order valence-corrected chi connectivity index (χ2v) is 3.41. The van der Waals surface area contributed by atoms with Crippen molar-refractivity contribution in [3.05, 3.63) is 23.7 Å². The first kappa shape index (κ1) is 12.3. The van der Waals surface area contributed by atoms with Crippen LogP contribution in [0.5, 0.6) is 0 Å². The van der Waals surface area contributed by atoms with E-state index in [1.165, 1.54) is 13.4 Å². The Morgan fingerprint density at radius 3 is 3.12 bits per heavy atom. The van der Waals surface area contributed by atoms with Gasteiger partial charge in [0.05, 0.1) is 25.9 Å². The van der Waals surface area contributed by atoms with Gasteiger partial charge in [0, 0.05) is 18.2 Å². The van der Waals surface area contributed by atoms with Crippen molar-refractivity contribution in [2.75, 3.05) is 7.11 Å². The maximum Gasteiger partial charge on any atom is 0.374 e. The molecule has 0 bridgehead atoms. The average Bonchev–Trinajstić information content (AvgIpc) is 2.74. The van der Waals surface area contributed by atoms with Crippen LogP contribution < -0.4 is 5.32 Å². The summed E-state index contributed by atoms with van der Waals surface area (Å²) < 4.78 is 9.61. The van der Waals surface area contributed by atoms with Crippen molar-refractivity contribution in [3.63, 3.8) is 0 Å². The van der Waals surface area contributed by atoms with E-state index in [0.29, 0.717) is 13.0 Å². The summed E-state index contributed by atoms with van der Waals surface area (Å²) in [5.41, 5.74) is 0.733. The Morgan fingerprint density at radius 2 is 2.50 bits per heavy atom. The molecule has 1 atom stereocenters. The molecule has 0 aliphatic rings. The van der Waals surface area contributed by atoms with Crippen LogP contribution in [0.1, 0.15) is 29.5 Å². The van der Waals surface area contributed by atoms with Gasteiger partial charge < -0.3 is 14.5 Å². The molecular formula is C11H14N2O3. The molecule has 86 valence electrons. The van der Waals surface area contributed by atoms with Gasteiger partial charge in [-0.1, -0.05) is 0 Å². The van der Waals surface area contributed by atoms with Crippen molar-refractivity contribution in [2.24, 2.45) is 0 Å². The molecule has 1 N–H and O–H groups in total. The second kappa shape index (κ2) is 5.93. The summed E-state index contributed by atoms with van der Waals surface area (Å²) in [4.78, 5) is 11.3. The number of methoxy groups -OCH3 is 1. The number of carbonyl (C=O) groups excluding carboxylic acids is 1. The lowest BCUT2D eigenvalue weighted by atomic mass is 10.2. The molecule has 0 aliphatic carbocycles. The van der Waals surface area contributed by atoms with Gasteiger partial charge in [-0.2, -0.15) is 5.26 Å². The first-order valence-corrected chi connectivity index (χ1v) is 4.94. The third-order valence-electron chi connectivity index (χ3n) is 2.16. The summed E-state index contributed by atoms with van der Waals surface area (Å²) in [5, 5.41) is 11.6. The van der Waals surface area contributed by atoms with Gasteiger partial charge in [-0.15, -0.1) is 0 Å². The largest absolute Gasteiger partial charge is 0.463 e. The van der Waals surface area contributed by atoms with Crippen LogP contribution in [-0.2, 0) is 11.3 Å². The molecule has 5 nitrogen and oxygen atoms in total. The second-order valence-electron chi connectivity index (χ2n) is 3.41. The molecule has 0 aromatic carbocycles. The zero-order valence-corrected chi connectivity index (χ0v) is 9.32. The normalized spacial score (nSPS) is 11.8. The maximum atomic E-state index is 11.3. The van der Waals surface area contributed by atoms with E-state index >= 15 is 0 Å². The van der Waals surface area contributed by atoms with Gasteiger partial charge in [0.2, 0.25) is 5.76 Å². The molecule has 1 unspecified atom stereocenters. The average molecular weight is 222 g/mol. The minimum Gasteiger partial charge on any atom is -0.463 e. The summed E-state index contributed by atoms with van der Waals surface area (Å²) in [5.74, 6) is -0.283. The van der Waals surface area contributed by atoms with E-state index in [1.807, 2.05) is 6.92 Å². The first-order valence-electron chi connectivity index (χ1n) is 4.94. The lowest BCUT2D eigenvalue weighted by molar-refractivity contribution is 0.0563. The predicted molar refractivity (Wildman–Crippen MR) is 56.6 cm³/mol. The quantitative estimate of drug-likeness (QED) is 0.763. The van der Waals surface area contributed by atoms with Gasteiger partial charge in [0.15, 0.2) is 0 Å². The van der Waals surface area contributed by atoms with Crippen LogP contribution >= 0.6 is 0 Å². The third-order valence-corrected chi connectivity index (χ3v) is 2.16. The fraction of sp³-hybridized carbons (Fsp3) is 0.455. The van der Waals surface area contributed by atoms with E-state index in [1.54, 1.807) is 6.07 Å². The third kappa shape index (κ3) is 3.11. The molecule has 0 saturated carbocycles. The van der Waals surface area contributed by atoms with Crippen molar-refractivity contribution in [1.82, 2.24) is 5.32 Å². The molecular weight excluding hydrogens is 208 g/mol. The summed E-state index contributed by atoms with van der Waals surface area (Å²) in [6.45, 7) is 2.38. The number of carbonyl (C=O) groups is 1. The SMILES string of the molecule is COC(=O)c1occc1CNC(C)CC#N. The van der Waals surface area contributed by atoms with Crippen molar-refractivity contribution in [1.29, 1.82) is 5.26 Å². The van der Waals surface area contributed by atoms with Crippen LogP contribution in [0.4, 0.5) is 0 Å². The van der Waals surface area contributed by atoms with Crippen LogP contribution in [-0.4, -0.2) is 19.1 Å². The first-order chi connectivity index (χ1) is 7.69. The molecule has 1 aromatic rings. The summed E-state index contributed by atoms with van der Waals surface area (Å²) in [6.07, 6.45) is 1.86. The summed E-state index contributed by atoms with van der Waals surface area (Å²) >= 11 is 0. The van der Waals surface area contributed by atoms with Gasteiger partial charge >= 0.3 is 5.97 Å². The molecule has 0 aliphatic heterocycles. The van der Waals surface area contributed by atoms with Gasteiger partial charge in [-0.3, -0.25) is 0 Å². The Morgan fingerprint density at radius 1 is 1.75 bits per heavy atom. The van der Waals surface area contributed by atoms with Crippen LogP contribution in [0.25, 0.3) is 0 Å². The Labute approximate surface area is 94.0 Å². The van der Waals surface area contributed by atoms with Crippen molar-refractivity contribution >= 4 is 5.97 Å². The van der Waals surface area contributed by atoms with Gasteiger partial charge in [-0.05, 0) is 13.0 Å². The fourth-order valence-corrected chi connectivity index (χ4v) is 1.24.